The Balaban J connectivity index is 3.85. The number of amides is 1. The zero-order chi connectivity index (χ0) is 68.3. The van der Waals surface area contributed by atoms with Crippen LogP contribution in [0.15, 0.2) is 24.3 Å². The summed E-state index contributed by atoms with van der Waals surface area (Å²) in [5.41, 5.74) is 0. The van der Waals surface area contributed by atoms with Gasteiger partial charge in [0, 0.05) is 6.42 Å². The van der Waals surface area contributed by atoms with Crippen molar-refractivity contribution >= 4 is 13.7 Å². The summed E-state index contributed by atoms with van der Waals surface area (Å²) in [5, 5.41) is 14.2. The zero-order valence-electron chi connectivity index (χ0n) is 64.5. The molecular formula is C85H170N2O6P+. The monoisotopic (exact) mass is 1350 g/mol. The maximum absolute atomic E-state index is 13.1. The van der Waals surface area contributed by atoms with Gasteiger partial charge in [0.25, 0.3) is 0 Å². The van der Waals surface area contributed by atoms with Crippen LogP contribution < -0.4 is 5.32 Å². The largest absolute Gasteiger partial charge is 0.472 e. The van der Waals surface area contributed by atoms with E-state index in [1.807, 2.05) is 21.1 Å². The number of rotatable bonds is 81. The van der Waals surface area contributed by atoms with Crippen molar-refractivity contribution in [3.63, 3.8) is 0 Å². The van der Waals surface area contributed by atoms with Crippen LogP contribution in [0.1, 0.15) is 463 Å². The van der Waals surface area contributed by atoms with Crippen LogP contribution in [-0.2, 0) is 18.4 Å². The molecule has 8 nitrogen and oxygen atoms in total. The van der Waals surface area contributed by atoms with Gasteiger partial charge in [-0.05, 0) is 44.9 Å². The summed E-state index contributed by atoms with van der Waals surface area (Å²) in [6.07, 6.45) is 102. The van der Waals surface area contributed by atoms with E-state index in [0.717, 1.165) is 44.9 Å². The standard InChI is InChI=1S/C85H169N2O6P/c1-6-8-10-12-14-16-18-20-22-24-26-28-30-32-34-36-38-39-40-41-42-43-44-45-46-47-49-51-53-55-57-59-61-63-65-67-69-71-73-75-77-79-85(89)86-83(82-93-94(90,91)92-81-80-87(3,4)5)84(88)78-76-74-72-70-68-66-64-62-60-58-56-54-52-50-48-37-35-33-31-29-27-25-23-21-19-17-15-13-11-9-7-2/h18,20,24,26,83-84,88H,6-17,19,21-23,25,27-82H2,1-5H3,(H-,86,89,90,91)/p+1/b20-18-,26-24-. The van der Waals surface area contributed by atoms with Crippen LogP contribution in [0.3, 0.4) is 0 Å². The Morgan fingerprint density at radius 3 is 0.872 bits per heavy atom. The third-order valence-electron chi connectivity index (χ3n) is 20.2. The van der Waals surface area contributed by atoms with Crippen molar-refractivity contribution in [2.24, 2.45) is 0 Å². The lowest BCUT2D eigenvalue weighted by Gasteiger charge is -2.26. The summed E-state index contributed by atoms with van der Waals surface area (Å²) in [4.78, 5) is 23.6. The smallest absolute Gasteiger partial charge is 0.391 e. The highest BCUT2D eigenvalue weighted by molar-refractivity contribution is 7.47. The summed E-state index contributed by atoms with van der Waals surface area (Å²) < 4.78 is 24.0. The van der Waals surface area contributed by atoms with Gasteiger partial charge < -0.3 is 19.8 Å². The molecule has 560 valence electrons. The molecule has 0 heterocycles. The lowest BCUT2D eigenvalue weighted by Crippen LogP contribution is -2.46. The van der Waals surface area contributed by atoms with Gasteiger partial charge in [-0.25, -0.2) is 4.57 Å². The zero-order valence-corrected chi connectivity index (χ0v) is 65.4. The Morgan fingerprint density at radius 1 is 0.362 bits per heavy atom. The van der Waals surface area contributed by atoms with E-state index in [0.29, 0.717) is 23.9 Å². The molecule has 0 aromatic carbocycles. The first-order valence-electron chi connectivity index (χ1n) is 42.7. The third kappa shape index (κ3) is 78.3. The van der Waals surface area contributed by atoms with Gasteiger partial charge in [0.05, 0.1) is 39.9 Å². The number of nitrogens with zero attached hydrogens (tertiary/aromatic N) is 1. The van der Waals surface area contributed by atoms with Gasteiger partial charge in [-0.1, -0.05) is 436 Å². The molecule has 1 amide bonds. The van der Waals surface area contributed by atoms with Crippen molar-refractivity contribution < 1.29 is 32.9 Å². The first kappa shape index (κ1) is 93.0. The topological polar surface area (TPSA) is 105 Å². The molecule has 0 aliphatic carbocycles. The predicted molar refractivity (Wildman–Crippen MR) is 415 cm³/mol. The molecule has 0 aromatic rings. The summed E-state index contributed by atoms with van der Waals surface area (Å²) in [5.74, 6) is -0.132. The van der Waals surface area contributed by atoms with E-state index < -0.39 is 20.0 Å². The number of hydrogen-bond donors (Lipinski definition) is 3. The molecule has 0 fully saturated rings. The predicted octanol–water partition coefficient (Wildman–Crippen LogP) is 28.1. The van der Waals surface area contributed by atoms with Crippen LogP contribution in [0.4, 0.5) is 0 Å². The average Bonchev–Trinajstić information content (AvgIpc) is 1.77. The van der Waals surface area contributed by atoms with E-state index in [-0.39, 0.29) is 19.1 Å². The van der Waals surface area contributed by atoms with Gasteiger partial charge in [-0.3, -0.25) is 13.8 Å². The van der Waals surface area contributed by atoms with Gasteiger partial charge in [-0.2, -0.15) is 0 Å². The molecule has 0 aliphatic rings. The van der Waals surface area contributed by atoms with Gasteiger partial charge in [0.15, 0.2) is 0 Å². The van der Waals surface area contributed by atoms with Crippen molar-refractivity contribution in [3.8, 4) is 0 Å². The molecule has 3 atom stereocenters. The highest BCUT2D eigenvalue weighted by Crippen LogP contribution is 2.43. The number of unbranched alkanes of at least 4 members (excludes halogenated alkanes) is 64. The van der Waals surface area contributed by atoms with Gasteiger partial charge in [0.2, 0.25) is 5.91 Å². The van der Waals surface area contributed by atoms with Crippen molar-refractivity contribution in [3.05, 3.63) is 24.3 Å². The van der Waals surface area contributed by atoms with E-state index in [9.17, 15) is 19.4 Å². The minimum absolute atomic E-state index is 0.0786. The number of hydrogen-bond acceptors (Lipinski definition) is 5. The minimum Gasteiger partial charge on any atom is -0.391 e. The lowest BCUT2D eigenvalue weighted by atomic mass is 10.0. The number of carbonyl (C=O) groups excluding carboxylic acids is 1. The number of carbonyl (C=O) groups is 1. The number of phosphoric ester groups is 1. The summed E-state index contributed by atoms with van der Waals surface area (Å²) >= 11 is 0. The number of quaternary nitrogens is 1. The number of allylic oxidation sites excluding steroid dienone is 4. The first-order valence-corrected chi connectivity index (χ1v) is 44.2. The van der Waals surface area contributed by atoms with Crippen LogP contribution in [0.5, 0.6) is 0 Å². The minimum atomic E-state index is -4.33. The fourth-order valence-electron chi connectivity index (χ4n) is 13.6. The Kier molecular flexibility index (Phi) is 75.3. The van der Waals surface area contributed by atoms with Crippen molar-refractivity contribution in [2.45, 2.75) is 475 Å². The SMILES string of the molecule is CCCCCCC/C=C\C/C=C\CCCCCCCCCCCCCCCCCCCCCCCCCCCCCCCC(=O)NC(COP(=O)(O)OCC[N+](C)(C)C)C(O)CCCCCCCCCCCCCCCCCCCCCCCCCCCCCCCCC. The second-order valence-electron chi connectivity index (χ2n) is 30.9. The third-order valence-corrected chi connectivity index (χ3v) is 21.2. The first-order chi connectivity index (χ1) is 46.0. The Bertz CT molecular complexity index is 1580. The Morgan fingerprint density at radius 2 is 0.606 bits per heavy atom. The second kappa shape index (κ2) is 76.2. The fourth-order valence-corrected chi connectivity index (χ4v) is 14.4. The van der Waals surface area contributed by atoms with E-state index >= 15 is 0 Å². The summed E-state index contributed by atoms with van der Waals surface area (Å²) in [6, 6.07) is -0.760. The molecule has 0 saturated carbocycles. The van der Waals surface area contributed by atoms with E-state index in [2.05, 4.69) is 43.5 Å². The van der Waals surface area contributed by atoms with Gasteiger partial charge >= 0.3 is 7.82 Å². The molecule has 0 aromatic heterocycles. The molecule has 0 radical (unpaired) electrons. The molecule has 0 spiro atoms. The highest BCUT2D eigenvalue weighted by Gasteiger charge is 2.28. The summed E-state index contributed by atoms with van der Waals surface area (Å²) in [6.45, 7) is 4.96. The molecule has 0 rings (SSSR count). The molecular weight excluding hydrogens is 1180 g/mol. The molecule has 0 aliphatic heterocycles. The van der Waals surface area contributed by atoms with E-state index in [1.165, 1.54) is 392 Å². The average molecular weight is 1350 g/mol. The van der Waals surface area contributed by atoms with Crippen LogP contribution in [-0.4, -0.2) is 73.4 Å². The second-order valence-corrected chi connectivity index (χ2v) is 32.4. The van der Waals surface area contributed by atoms with Crippen molar-refractivity contribution in [2.75, 3.05) is 40.9 Å². The van der Waals surface area contributed by atoms with E-state index in [4.69, 9.17) is 9.05 Å². The van der Waals surface area contributed by atoms with Gasteiger partial charge in [0.1, 0.15) is 13.2 Å². The Hall–Kier alpha value is -1.02. The fraction of sp³-hybridized carbons (Fsp3) is 0.941. The van der Waals surface area contributed by atoms with Crippen LogP contribution >= 0.6 is 7.82 Å². The van der Waals surface area contributed by atoms with E-state index in [1.54, 1.807) is 0 Å². The molecule has 3 N–H and O–H groups in total. The molecule has 9 heteroatoms. The maximum atomic E-state index is 13.1. The number of nitrogens with one attached hydrogen (secondary N) is 1. The van der Waals surface area contributed by atoms with Crippen molar-refractivity contribution in [1.82, 2.24) is 5.32 Å². The summed E-state index contributed by atoms with van der Waals surface area (Å²) in [7, 11) is 1.64. The Labute approximate surface area is 589 Å². The molecule has 94 heavy (non-hydrogen) atoms. The number of aliphatic hydroxyl groups is 1. The van der Waals surface area contributed by atoms with Crippen LogP contribution in [0, 0.1) is 0 Å². The van der Waals surface area contributed by atoms with Crippen LogP contribution in [0.2, 0.25) is 0 Å². The van der Waals surface area contributed by atoms with Gasteiger partial charge in [-0.15, -0.1) is 0 Å². The normalized spacial score (nSPS) is 13.5. The maximum Gasteiger partial charge on any atom is 0.472 e. The highest BCUT2D eigenvalue weighted by atomic mass is 31.2. The number of aliphatic hydroxyl groups excluding tert-OH is 1. The number of phosphoric acid groups is 1. The quantitative estimate of drug-likeness (QED) is 0.0243. The van der Waals surface area contributed by atoms with Crippen molar-refractivity contribution in [1.29, 1.82) is 0 Å². The molecule has 0 bridgehead atoms. The lowest BCUT2D eigenvalue weighted by molar-refractivity contribution is -0.870. The number of likely N-dealkylation sites (N-methyl/N-ethyl adjacent to an activating group) is 1. The van der Waals surface area contributed by atoms with Crippen LogP contribution in [0.25, 0.3) is 0 Å². The molecule has 0 saturated heterocycles. The molecule has 3 unspecified atom stereocenters.